The van der Waals surface area contributed by atoms with Crippen molar-refractivity contribution in [3.63, 3.8) is 0 Å². The first-order valence-electron chi connectivity index (χ1n) is 6.84. The van der Waals surface area contributed by atoms with Crippen LogP contribution in [0, 0.1) is 0 Å². The van der Waals surface area contributed by atoms with Gasteiger partial charge in [0.25, 0.3) is 10.0 Å². The molecule has 8 heteroatoms. The number of carbonyl (C=O) groups is 1. The second kappa shape index (κ2) is 6.79. The Morgan fingerprint density at radius 1 is 1.04 bits per heavy atom. The number of hydrogen-bond acceptors (Lipinski definition) is 6. The van der Waals surface area contributed by atoms with Gasteiger partial charge in [-0.3, -0.25) is 4.31 Å². The molecule has 0 amide bonds. The van der Waals surface area contributed by atoms with Crippen LogP contribution in [0.3, 0.4) is 0 Å². The van der Waals surface area contributed by atoms with Crippen LogP contribution in [-0.2, 0) is 10.0 Å². The number of para-hydroxylation sites is 1. The standard InChI is InChI=1S/C16H17NO6S/c1-17(13-7-5-4-6-12(13)16(18)19)24(20,21)11-8-9-14(22-2)15(10-11)23-3/h4-10H,1-3H3,(H,18,19)/p-1. The minimum absolute atomic E-state index is 0.00675. The molecule has 0 fully saturated rings. The van der Waals surface area contributed by atoms with Gasteiger partial charge in [0, 0.05) is 18.7 Å². The van der Waals surface area contributed by atoms with E-state index in [0.717, 1.165) is 4.31 Å². The van der Waals surface area contributed by atoms with Crippen LogP contribution in [0.4, 0.5) is 5.69 Å². The molecule has 2 aromatic carbocycles. The lowest BCUT2D eigenvalue weighted by molar-refractivity contribution is -0.254. The van der Waals surface area contributed by atoms with Gasteiger partial charge in [0.2, 0.25) is 0 Å². The predicted octanol–water partition coefficient (Wildman–Crippen LogP) is 0.892. The van der Waals surface area contributed by atoms with E-state index in [1.54, 1.807) is 6.07 Å². The van der Waals surface area contributed by atoms with Crippen molar-refractivity contribution < 1.29 is 27.8 Å². The van der Waals surface area contributed by atoms with E-state index < -0.39 is 16.0 Å². The summed E-state index contributed by atoms with van der Waals surface area (Å²) < 4.78 is 36.7. The second-order valence-corrected chi connectivity index (χ2v) is 6.76. The van der Waals surface area contributed by atoms with Gasteiger partial charge in [-0.05, 0) is 18.2 Å². The molecule has 24 heavy (non-hydrogen) atoms. The van der Waals surface area contributed by atoms with Gasteiger partial charge in [0.15, 0.2) is 11.5 Å². The molecule has 0 N–H and O–H groups in total. The van der Waals surface area contributed by atoms with Crippen molar-refractivity contribution in [1.29, 1.82) is 0 Å². The van der Waals surface area contributed by atoms with Crippen molar-refractivity contribution in [3.05, 3.63) is 48.0 Å². The largest absolute Gasteiger partial charge is 0.545 e. The van der Waals surface area contributed by atoms with E-state index in [9.17, 15) is 18.3 Å². The van der Waals surface area contributed by atoms with Gasteiger partial charge < -0.3 is 19.4 Å². The number of hydrogen-bond donors (Lipinski definition) is 0. The molecule has 0 heterocycles. The summed E-state index contributed by atoms with van der Waals surface area (Å²) in [5, 5.41) is 11.2. The van der Waals surface area contributed by atoms with E-state index >= 15 is 0 Å². The third-order valence-corrected chi connectivity index (χ3v) is 5.24. The summed E-state index contributed by atoms with van der Waals surface area (Å²) in [6, 6.07) is 9.84. The minimum Gasteiger partial charge on any atom is -0.545 e. The second-order valence-electron chi connectivity index (χ2n) is 4.79. The van der Waals surface area contributed by atoms with E-state index in [4.69, 9.17) is 9.47 Å². The molecule has 7 nitrogen and oxygen atoms in total. The SMILES string of the molecule is COc1ccc(S(=O)(=O)N(C)c2ccccc2C(=O)[O-])cc1OC. The Bertz CT molecular complexity index is 863. The first-order valence-corrected chi connectivity index (χ1v) is 8.28. The zero-order chi connectivity index (χ0) is 17.9. The molecule has 0 aromatic heterocycles. The van der Waals surface area contributed by atoms with Gasteiger partial charge in [-0.1, -0.05) is 18.2 Å². The Morgan fingerprint density at radius 3 is 2.25 bits per heavy atom. The number of ether oxygens (including phenoxy) is 2. The third kappa shape index (κ3) is 3.13. The van der Waals surface area contributed by atoms with Crippen LogP contribution in [0.5, 0.6) is 11.5 Å². The maximum absolute atomic E-state index is 12.8. The number of benzene rings is 2. The molecule has 0 aliphatic carbocycles. The summed E-state index contributed by atoms with van der Waals surface area (Å²) in [7, 11) is 0.104. The van der Waals surface area contributed by atoms with Crippen LogP contribution in [0.1, 0.15) is 10.4 Å². The Hall–Kier alpha value is -2.74. The number of carbonyl (C=O) groups excluding carboxylic acids is 1. The first-order chi connectivity index (χ1) is 11.3. The third-order valence-electron chi connectivity index (χ3n) is 3.48. The molecule has 0 unspecified atom stereocenters. The van der Waals surface area contributed by atoms with Crippen LogP contribution in [0.2, 0.25) is 0 Å². The minimum atomic E-state index is -4.00. The lowest BCUT2D eigenvalue weighted by Crippen LogP contribution is -2.31. The lowest BCUT2D eigenvalue weighted by atomic mass is 10.2. The van der Waals surface area contributed by atoms with E-state index in [1.165, 1.54) is 57.7 Å². The van der Waals surface area contributed by atoms with Gasteiger partial charge in [-0.15, -0.1) is 0 Å². The number of carboxylic acids is 1. The molecule has 128 valence electrons. The predicted molar refractivity (Wildman–Crippen MR) is 85.9 cm³/mol. The highest BCUT2D eigenvalue weighted by atomic mass is 32.2. The van der Waals surface area contributed by atoms with E-state index in [0.29, 0.717) is 5.75 Å². The summed E-state index contributed by atoms with van der Waals surface area (Å²) in [6.07, 6.45) is 0. The average molecular weight is 350 g/mol. The molecule has 0 aliphatic rings. The molecule has 0 saturated carbocycles. The summed E-state index contributed by atoms with van der Waals surface area (Å²) >= 11 is 0. The van der Waals surface area contributed by atoms with Gasteiger partial charge in [0.1, 0.15) is 0 Å². The number of rotatable bonds is 6. The summed E-state index contributed by atoms with van der Waals surface area (Å²) in [5.74, 6) is -0.825. The van der Waals surface area contributed by atoms with E-state index in [1.807, 2.05) is 0 Å². The van der Waals surface area contributed by atoms with Crippen LogP contribution in [-0.4, -0.2) is 35.7 Å². The Balaban J connectivity index is 2.53. The fourth-order valence-corrected chi connectivity index (χ4v) is 3.42. The normalized spacial score (nSPS) is 11.0. The molecule has 0 aliphatic heterocycles. The van der Waals surface area contributed by atoms with Crippen molar-refractivity contribution in [2.45, 2.75) is 4.90 Å². The summed E-state index contributed by atoms with van der Waals surface area (Å²) in [4.78, 5) is 11.1. The highest BCUT2D eigenvalue weighted by Crippen LogP contribution is 2.32. The van der Waals surface area contributed by atoms with E-state index in [2.05, 4.69) is 0 Å². The number of methoxy groups -OCH3 is 2. The molecule has 0 saturated heterocycles. The highest BCUT2D eigenvalue weighted by molar-refractivity contribution is 7.92. The topological polar surface area (TPSA) is 96.0 Å². The average Bonchev–Trinajstić information content (AvgIpc) is 2.60. The maximum Gasteiger partial charge on any atom is 0.264 e. The van der Waals surface area contributed by atoms with Crippen molar-refractivity contribution in [2.75, 3.05) is 25.6 Å². The van der Waals surface area contributed by atoms with Gasteiger partial charge in [-0.25, -0.2) is 8.42 Å². The van der Waals surface area contributed by atoms with E-state index in [-0.39, 0.29) is 21.9 Å². The fourth-order valence-electron chi connectivity index (χ4n) is 2.19. The molecule has 0 bridgehead atoms. The zero-order valence-corrected chi connectivity index (χ0v) is 14.2. The monoisotopic (exact) mass is 350 g/mol. The Labute approximate surface area is 140 Å². The molecule has 0 spiro atoms. The van der Waals surface area contributed by atoms with Crippen molar-refractivity contribution in [3.8, 4) is 11.5 Å². The number of aromatic carboxylic acids is 1. The number of anilines is 1. The Morgan fingerprint density at radius 2 is 1.67 bits per heavy atom. The lowest BCUT2D eigenvalue weighted by Gasteiger charge is -2.23. The van der Waals surface area contributed by atoms with Crippen LogP contribution < -0.4 is 18.9 Å². The van der Waals surface area contributed by atoms with Crippen molar-refractivity contribution >= 4 is 21.7 Å². The van der Waals surface area contributed by atoms with Crippen molar-refractivity contribution in [1.82, 2.24) is 0 Å². The number of carboxylic acid groups (broad SMARTS) is 1. The van der Waals surface area contributed by atoms with Crippen molar-refractivity contribution in [2.24, 2.45) is 0 Å². The smallest absolute Gasteiger partial charge is 0.264 e. The number of nitrogens with zero attached hydrogens (tertiary/aromatic N) is 1. The summed E-state index contributed by atoms with van der Waals surface area (Å²) in [5.41, 5.74) is -0.212. The first kappa shape index (κ1) is 17.6. The molecular formula is C16H16NO6S-. The summed E-state index contributed by atoms with van der Waals surface area (Å²) in [6.45, 7) is 0. The number of sulfonamides is 1. The molecule has 0 atom stereocenters. The van der Waals surface area contributed by atoms with Gasteiger partial charge in [0.05, 0.1) is 30.8 Å². The zero-order valence-electron chi connectivity index (χ0n) is 13.3. The van der Waals surface area contributed by atoms with Crippen LogP contribution in [0.15, 0.2) is 47.4 Å². The molecule has 2 rings (SSSR count). The fraction of sp³-hybridized carbons (Fsp3) is 0.188. The van der Waals surface area contributed by atoms with Crippen LogP contribution in [0.25, 0.3) is 0 Å². The molecular weight excluding hydrogens is 334 g/mol. The highest BCUT2D eigenvalue weighted by Gasteiger charge is 2.24. The van der Waals surface area contributed by atoms with Crippen LogP contribution >= 0.6 is 0 Å². The Kier molecular flexibility index (Phi) is 4.99. The maximum atomic E-state index is 12.8. The quantitative estimate of drug-likeness (QED) is 0.768. The molecule has 0 radical (unpaired) electrons. The van der Waals surface area contributed by atoms with Gasteiger partial charge in [-0.2, -0.15) is 0 Å². The van der Waals surface area contributed by atoms with Gasteiger partial charge >= 0.3 is 0 Å². The molecule has 2 aromatic rings.